The zero-order valence-electron chi connectivity index (χ0n) is 18.5. The van der Waals surface area contributed by atoms with Crippen molar-refractivity contribution in [2.75, 3.05) is 24.2 Å². The molecule has 4 rings (SSSR count). The first-order chi connectivity index (χ1) is 15.3. The number of carbonyl (C=O) groups excluding carboxylic acids is 1. The van der Waals surface area contributed by atoms with Crippen molar-refractivity contribution in [1.82, 2.24) is 24.5 Å². The van der Waals surface area contributed by atoms with E-state index in [-0.39, 0.29) is 16.6 Å². The zero-order chi connectivity index (χ0) is 22.7. The second kappa shape index (κ2) is 9.88. The molecule has 1 N–H and O–H groups in total. The number of thioether (sulfide) groups is 1. The fraction of sp³-hybridized carbons (Fsp3) is 0.619. The molecule has 1 amide bonds. The van der Waals surface area contributed by atoms with Crippen LogP contribution in [-0.2, 0) is 14.8 Å². The number of sulfonamides is 1. The average molecular weight is 479 g/mol. The van der Waals surface area contributed by atoms with Gasteiger partial charge in [0.25, 0.3) is 0 Å². The van der Waals surface area contributed by atoms with Gasteiger partial charge >= 0.3 is 0 Å². The highest BCUT2D eigenvalue weighted by molar-refractivity contribution is 7.99. The van der Waals surface area contributed by atoms with Gasteiger partial charge in [0.05, 0.1) is 16.7 Å². The number of anilines is 1. The summed E-state index contributed by atoms with van der Waals surface area (Å²) in [7, 11) is -3.53. The van der Waals surface area contributed by atoms with Gasteiger partial charge in [-0.2, -0.15) is 4.31 Å². The highest BCUT2D eigenvalue weighted by atomic mass is 32.2. The lowest BCUT2D eigenvalue weighted by atomic mass is 9.94. The number of carbonyl (C=O) groups is 1. The molecule has 2 heterocycles. The summed E-state index contributed by atoms with van der Waals surface area (Å²) in [5.41, 5.74) is 0.560. The molecule has 1 aromatic carbocycles. The Morgan fingerprint density at radius 2 is 1.78 bits per heavy atom. The lowest BCUT2D eigenvalue weighted by Gasteiger charge is -2.34. The van der Waals surface area contributed by atoms with Gasteiger partial charge in [-0.3, -0.25) is 4.79 Å². The first-order valence-electron chi connectivity index (χ1n) is 11.1. The van der Waals surface area contributed by atoms with E-state index in [4.69, 9.17) is 0 Å². The summed E-state index contributed by atoms with van der Waals surface area (Å²) >= 11 is 1.31. The predicted molar refractivity (Wildman–Crippen MR) is 123 cm³/mol. The number of hydrogen-bond acceptors (Lipinski definition) is 7. The third kappa shape index (κ3) is 5.32. The van der Waals surface area contributed by atoms with E-state index in [9.17, 15) is 13.2 Å². The van der Waals surface area contributed by atoms with Crippen LogP contribution in [0.4, 0.5) is 5.69 Å². The molecule has 1 saturated heterocycles. The second-order valence-corrected chi connectivity index (χ2v) is 11.9. The van der Waals surface area contributed by atoms with Crippen LogP contribution in [0, 0.1) is 11.8 Å². The molecule has 9 nitrogen and oxygen atoms in total. The minimum Gasteiger partial charge on any atom is -0.325 e. The minimum absolute atomic E-state index is 0.177. The van der Waals surface area contributed by atoms with Crippen molar-refractivity contribution in [3.8, 4) is 0 Å². The maximum Gasteiger partial charge on any atom is 0.243 e. The Kier molecular flexibility index (Phi) is 7.16. The van der Waals surface area contributed by atoms with Crippen LogP contribution in [0.2, 0.25) is 0 Å². The van der Waals surface area contributed by atoms with E-state index >= 15 is 0 Å². The highest BCUT2D eigenvalue weighted by Crippen LogP contribution is 2.31. The molecule has 174 valence electrons. The Labute approximate surface area is 193 Å². The summed E-state index contributed by atoms with van der Waals surface area (Å²) in [6.45, 7) is 5.26. The topological polar surface area (TPSA) is 110 Å². The van der Waals surface area contributed by atoms with Crippen molar-refractivity contribution >= 4 is 33.4 Å². The zero-order valence-corrected chi connectivity index (χ0v) is 20.1. The van der Waals surface area contributed by atoms with Gasteiger partial charge in [0.15, 0.2) is 0 Å². The van der Waals surface area contributed by atoms with Crippen molar-refractivity contribution in [2.45, 2.75) is 62.0 Å². The van der Waals surface area contributed by atoms with Crippen LogP contribution >= 0.6 is 11.8 Å². The molecule has 0 spiro atoms. The van der Waals surface area contributed by atoms with E-state index < -0.39 is 10.0 Å². The van der Waals surface area contributed by atoms with Crippen molar-refractivity contribution in [3.05, 3.63) is 24.3 Å². The number of amides is 1. The molecule has 2 fully saturated rings. The van der Waals surface area contributed by atoms with Crippen molar-refractivity contribution < 1.29 is 13.2 Å². The molecular formula is C21H30N6O3S2. The van der Waals surface area contributed by atoms with Crippen molar-refractivity contribution in [2.24, 2.45) is 11.8 Å². The molecule has 2 unspecified atom stereocenters. The SMILES string of the molecule is CC1CC(C)CN(S(=O)(=O)c2ccc(NC(=O)CSc3nnnn3C3CCCC3)cc2)C1. The average Bonchev–Trinajstić information content (AvgIpc) is 3.43. The lowest BCUT2D eigenvalue weighted by molar-refractivity contribution is -0.113. The standard InChI is InChI=1S/C21H30N6O3S2/c1-15-11-16(2)13-26(12-15)32(29,30)19-9-7-17(8-10-19)22-20(28)14-31-21-23-24-25-27(21)18-5-3-4-6-18/h7-10,15-16,18H,3-6,11-14H2,1-2H3,(H,22,28). The number of rotatable bonds is 7. The van der Waals surface area contributed by atoms with Crippen LogP contribution in [-0.4, -0.2) is 57.7 Å². The summed E-state index contributed by atoms with van der Waals surface area (Å²) in [6.07, 6.45) is 5.53. The van der Waals surface area contributed by atoms with Gasteiger partial charge in [-0.1, -0.05) is 38.5 Å². The Morgan fingerprint density at radius 1 is 1.12 bits per heavy atom. The number of piperidine rings is 1. The quantitative estimate of drug-likeness (QED) is 0.609. The van der Waals surface area contributed by atoms with E-state index in [1.54, 1.807) is 28.6 Å². The number of hydrogen-bond donors (Lipinski definition) is 1. The number of benzene rings is 1. The van der Waals surface area contributed by atoms with Gasteiger partial charge in [-0.25, -0.2) is 13.1 Å². The van der Waals surface area contributed by atoms with Gasteiger partial charge in [-0.05, 0) is 65.8 Å². The van der Waals surface area contributed by atoms with Gasteiger partial charge in [0.2, 0.25) is 21.1 Å². The molecule has 1 saturated carbocycles. The smallest absolute Gasteiger partial charge is 0.243 e. The molecular weight excluding hydrogens is 448 g/mol. The molecule has 1 aromatic heterocycles. The summed E-state index contributed by atoms with van der Waals surface area (Å²) < 4.78 is 29.4. The normalized spacial score (nSPS) is 22.8. The van der Waals surface area contributed by atoms with Crippen LogP contribution in [0.3, 0.4) is 0 Å². The van der Waals surface area contributed by atoms with Crippen molar-refractivity contribution in [3.63, 3.8) is 0 Å². The van der Waals surface area contributed by atoms with E-state index in [1.807, 2.05) is 4.68 Å². The lowest BCUT2D eigenvalue weighted by Crippen LogP contribution is -2.42. The Hall–Kier alpha value is -1.98. The molecule has 2 aromatic rings. The Morgan fingerprint density at radius 3 is 2.44 bits per heavy atom. The summed E-state index contributed by atoms with van der Waals surface area (Å²) in [5, 5.41) is 15.4. The summed E-state index contributed by atoms with van der Waals surface area (Å²) in [5.74, 6) is 0.681. The molecule has 0 radical (unpaired) electrons. The van der Waals surface area contributed by atoms with E-state index in [1.165, 1.54) is 24.6 Å². The number of tetrazole rings is 1. The van der Waals surface area contributed by atoms with E-state index in [0.29, 0.717) is 41.8 Å². The van der Waals surface area contributed by atoms with Crippen LogP contribution in [0.5, 0.6) is 0 Å². The first kappa shape index (κ1) is 23.2. The van der Waals surface area contributed by atoms with E-state index in [0.717, 1.165) is 19.3 Å². The maximum atomic E-state index is 13.0. The fourth-order valence-electron chi connectivity index (χ4n) is 4.65. The Bertz CT molecular complexity index is 1020. The summed E-state index contributed by atoms with van der Waals surface area (Å²) in [4.78, 5) is 12.7. The molecule has 11 heteroatoms. The number of nitrogens with zero attached hydrogens (tertiary/aromatic N) is 5. The fourth-order valence-corrected chi connectivity index (χ4v) is 7.07. The Balaban J connectivity index is 1.34. The maximum absolute atomic E-state index is 13.0. The molecule has 32 heavy (non-hydrogen) atoms. The van der Waals surface area contributed by atoms with Crippen LogP contribution < -0.4 is 5.32 Å². The summed E-state index contributed by atoms with van der Waals surface area (Å²) in [6, 6.07) is 6.70. The first-order valence-corrected chi connectivity index (χ1v) is 13.6. The van der Waals surface area contributed by atoms with Crippen molar-refractivity contribution in [1.29, 1.82) is 0 Å². The molecule has 2 atom stereocenters. The van der Waals surface area contributed by atoms with Gasteiger partial charge in [-0.15, -0.1) is 5.10 Å². The van der Waals surface area contributed by atoms with Gasteiger partial charge in [0, 0.05) is 18.8 Å². The van der Waals surface area contributed by atoms with Gasteiger partial charge < -0.3 is 5.32 Å². The van der Waals surface area contributed by atoms with Crippen LogP contribution in [0.1, 0.15) is 52.0 Å². The highest BCUT2D eigenvalue weighted by Gasteiger charge is 2.31. The monoisotopic (exact) mass is 478 g/mol. The van der Waals surface area contributed by atoms with Gasteiger partial charge in [0.1, 0.15) is 0 Å². The van der Waals surface area contributed by atoms with Crippen LogP contribution in [0.15, 0.2) is 34.3 Å². The van der Waals surface area contributed by atoms with Crippen LogP contribution in [0.25, 0.3) is 0 Å². The molecule has 1 aliphatic carbocycles. The molecule has 0 bridgehead atoms. The largest absolute Gasteiger partial charge is 0.325 e. The number of aromatic nitrogens is 4. The molecule has 2 aliphatic rings. The van der Waals surface area contributed by atoms with E-state index in [2.05, 4.69) is 34.7 Å². The third-order valence-corrected chi connectivity index (χ3v) is 8.86. The third-order valence-electron chi connectivity index (χ3n) is 6.08. The number of nitrogens with one attached hydrogen (secondary N) is 1. The second-order valence-electron chi connectivity index (χ2n) is 8.97. The predicted octanol–water partition coefficient (Wildman–Crippen LogP) is 3.19. The minimum atomic E-state index is -3.53. The molecule has 1 aliphatic heterocycles.